The summed E-state index contributed by atoms with van der Waals surface area (Å²) in [4.78, 5) is 0. The van der Waals surface area contributed by atoms with Gasteiger partial charge in [0.15, 0.2) is 0 Å². The van der Waals surface area contributed by atoms with E-state index in [0.717, 1.165) is 30.6 Å². The topological polar surface area (TPSA) is 35.2 Å². The lowest BCUT2D eigenvalue weighted by Crippen LogP contribution is -2.16. The molecule has 1 heterocycles. The van der Waals surface area contributed by atoms with Gasteiger partial charge < -0.3 is 10.5 Å². The molecular formula is C12H13Cl2NO. The van der Waals surface area contributed by atoms with E-state index in [1.807, 2.05) is 12.1 Å². The minimum atomic E-state index is -0.184. The second-order valence-electron chi connectivity index (χ2n) is 3.85. The molecule has 0 fully saturated rings. The van der Waals surface area contributed by atoms with Gasteiger partial charge in [-0.1, -0.05) is 23.2 Å². The zero-order valence-electron chi connectivity index (χ0n) is 8.75. The van der Waals surface area contributed by atoms with Crippen LogP contribution in [-0.2, 0) is 4.74 Å². The van der Waals surface area contributed by atoms with Crippen LogP contribution in [0.2, 0.25) is 10.0 Å². The zero-order chi connectivity index (χ0) is 11.5. The quantitative estimate of drug-likeness (QED) is 0.878. The second-order valence-corrected chi connectivity index (χ2v) is 4.72. The monoisotopic (exact) mass is 257 g/mol. The van der Waals surface area contributed by atoms with E-state index in [-0.39, 0.29) is 6.04 Å². The van der Waals surface area contributed by atoms with Crippen molar-refractivity contribution in [3.8, 4) is 0 Å². The summed E-state index contributed by atoms with van der Waals surface area (Å²) < 4.78 is 5.28. The van der Waals surface area contributed by atoms with Crippen LogP contribution in [0, 0.1) is 0 Å². The van der Waals surface area contributed by atoms with Crippen molar-refractivity contribution in [1.29, 1.82) is 0 Å². The standard InChI is InChI=1S/C12H13Cl2NO/c13-10-4-9(5-11(14)6-10)12(15)8-2-1-3-16-7-8/h4-7,12H,1-3,15H2. The number of nitrogens with two attached hydrogens (primary N) is 1. The summed E-state index contributed by atoms with van der Waals surface area (Å²) in [5.41, 5.74) is 8.15. The van der Waals surface area contributed by atoms with Crippen molar-refractivity contribution >= 4 is 23.2 Å². The largest absolute Gasteiger partial charge is 0.501 e. The molecule has 1 unspecified atom stereocenters. The fourth-order valence-corrected chi connectivity index (χ4v) is 2.33. The van der Waals surface area contributed by atoms with Crippen molar-refractivity contribution in [3.05, 3.63) is 45.6 Å². The summed E-state index contributed by atoms with van der Waals surface area (Å²) in [7, 11) is 0. The molecule has 4 heteroatoms. The van der Waals surface area contributed by atoms with Crippen LogP contribution in [-0.4, -0.2) is 6.61 Å². The summed E-state index contributed by atoms with van der Waals surface area (Å²) in [6.07, 6.45) is 3.72. The van der Waals surface area contributed by atoms with E-state index in [1.54, 1.807) is 12.3 Å². The van der Waals surface area contributed by atoms with Crippen molar-refractivity contribution in [2.75, 3.05) is 6.61 Å². The van der Waals surface area contributed by atoms with Crippen LogP contribution in [0.25, 0.3) is 0 Å². The normalized spacial score (nSPS) is 17.6. The van der Waals surface area contributed by atoms with E-state index in [2.05, 4.69) is 0 Å². The summed E-state index contributed by atoms with van der Waals surface area (Å²) in [6, 6.07) is 5.20. The minimum absolute atomic E-state index is 0.184. The van der Waals surface area contributed by atoms with E-state index in [9.17, 15) is 0 Å². The first kappa shape index (κ1) is 11.8. The predicted octanol–water partition coefficient (Wildman–Crippen LogP) is 3.69. The van der Waals surface area contributed by atoms with E-state index in [1.165, 1.54) is 0 Å². The van der Waals surface area contributed by atoms with Crippen molar-refractivity contribution in [1.82, 2.24) is 0 Å². The van der Waals surface area contributed by atoms with Crippen LogP contribution in [0.15, 0.2) is 30.0 Å². The molecule has 1 aliphatic rings. The third-order valence-corrected chi connectivity index (χ3v) is 3.04. The summed E-state index contributed by atoms with van der Waals surface area (Å²) in [5, 5.41) is 1.21. The van der Waals surface area contributed by atoms with Gasteiger partial charge in [0, 0.05) is 10.0 Å². The molecule has 1 aromatic rings. The smallest absolute Gasteiger partial charge is 0.0876 e. The average Bonchev–Trinajstić information content (AvgIpc) is 2.28. The van der Waals surface area contributed by atoms with E-state index in [4.69, 9.17) is 33.7 Å². The molecule has 1 atom stereocenters. The van der Waals surface area contributed by atoms with Gasteiger partial charge in [0.25, 0.3) is 0 Å². The SMILES string of the molecule is NC(C1=COCCC1)c1cc(Cl)cc(Cl)c1. The Morgan fingerprint density at radius 1 is 1.19 bits per heavy atom. The molecule has 2 rings (SSSR count). The number of hydrogen-bond donors (Lipinski definition) is 1. The number of rotatable bonds is 2. The molecule has 16 heavy (non-hydrogen) atoms. The molecule has 2 nitrogen and oxygen atoms in total. The first-order valence-corrected chi connectivity index (χ1v) is 5.94. The zero-order valence-corrected chi connectivity index (χ0v) is 10.3. The van der Waals surface area contributed by atoms with Gasteiger partial charge in [-0.3, -0.25) is 0 Å². The van der Waals surface area contributed by atoms with Crippen LogP contribution in [0.5, 0.6) is 0 Å². The van der Waals surface area contributed by atoms with Gasteiger partial charge in [-0.05, 0) is 42.2 Å². The molecule has 0 bridgehead atoms. The highest BCUT2D eigenvalue weighted by Crippen LogP contribution is 2.29. The second kappa shape index (κ2) is 5.09. The van der Waals surface area contributed by atoms with E-state index >= 15 is 0 Å². The van der Waals surface area contributed by atoms with Gasteiger partial charge in [0.1, 0.15) is 0 Å². The van der Waals surface area contributed by atoms with Gasteiger partial charge in [0.2, 0.25) is 0 Å². The van der Waals surface area contributed by atoms with Crippen LogP contribution in [0.1, 0.15) is 24.4 Å². The van der Waals surface area contributed by atoms with Crippen LogP contribution in [0.4, 0.5) is 0 Å². The molecular weight excluding hydrogens is 245 g/mol. The van der Waals surface area contributed by atoms with Gasteiger partial charge in [-0.2, -0.15) is 0 Å². The van der Waals surface area contributed by atoms with Crippen molar-refractivity contribution in [2.24, 2.45) is 5.73 Å². The van der Waals surface area contributed by atoms with Crippen LogP contribution < -0.4 is 5.73 Å². The van der Waals surface area contributed by atoms with Crippen LogP contribution in [0.3, 0.4) is 0 Å². The third kappa shape index (κ3) is 2.70. The molecule has 1 aromatic carbocycles. The highest BCUT2D eigenvalue weighted by atomic mass is 35.5. The maximum atomic E-state index is 6.14. The number of benzene rings is 1. The van der Waals surface area contributed by atoms with Crippen LogP contribution >= 0.6 is 23.2 Å². The molecule has 0 radical (unpaired) electrons. The lowest BCUT2D eigenvalue weighted by atomic mass is 9.96. The summed E-state index contributed by atoms with van der Waals surface area (Å²) in [6.45, 7) is 0.770. The predicted molar refractivity (Wildman–Crippen MR) is 66.7 cm³/mol. The molecule has 1 aliphatic heterocycles. The van der Waals surface area contributed by atoms with Crippen molar-refractivity contribution in [3.63, 3.8) is 0 Å². The Balaban J connectivity index is 2.25. The fourth-order valence-electron chi connectivity index (χ4n) is 1.78. The van der Waals surface area contributed by atoms with Gasteiger partial charge >= 0.3 is 0 Å². The lowest BCUT2D eigenvalue weighted by Gasteiger charge is -2.20. The van der Waals surface area contributed by atoms with E-state index < -0.39 is 0 Å². The molecule has 86 valence electrons. The Labute approximate surface area is 105 Å². The molecule has 0 amide bonds. The number of ether oxygens (including phenoxy) is 1. The van der Waals surface area contributed by atoms with Gasteiger partial charge in [-0.15, -0.1) is 0 Å². The maximum Gasteiger partial charge on any atom is 0.0876 e. The minimum Gasteiger partial charge on any atom is -0.501 e. The summed E-state index contributed by atoms with van der Waals surface area (Å²) >= 11 is 11.9. The molecule has 0 saturated carbocycles. The molecule has 0 aliphatic carbocycles. The lowest BCUT2D eigenvalue weighted by molar-refractivity contribution is 0.221. The van der Waals surface area contributed by atoms with Crippen molar-refractivity contribution < 1.29 is 4.74 Å². The third-order valence-electron chi connectivity index (χ3n) is 2.61. The number of hydrogen-bond acceptors (Lipinski definition) is 2. The Kier molecular flexibility index (Phi) is 3.74. The van der Waals surface area contributed by atoms with E-state index in [0.29, 0.717) is 10.0 Å². The molecule has 0 aromatic heterocycles. The first-order valence-electron chi connectivity index (χ1n) is 5.19. The molecule has 0 saturated heterocycles. The summed E-state index contributed by atoms with van der Waals surface area (Å²) in [5.74, 6) is 0. The van der Waals surface area contributed by atoms with Gasteiger partial charge in [-0.25, -0.2) is 0 Å². The van der Waals surface area contributed by atoms with Crippen molar-refractivity contribution in [2.45, 2.75) is 18.9 Å². The highest BCUT2D eigenvalue weighted by molar-refractivity contribution is 6.34. The average molecular weight is 258 g/mol. The Hall–Kier alpha value is -0.700. The number of halogens is 2. The Morgan fingerprint density at radius 3 is 2.44 bits per heavy atom. The first-order chi connectivity index (χ1) is 7.66. The fraction of sp³-hybridized carbons (Fsp3) is 0.333. The highest BCUT2D eigenvalue weighted by Gasteiger charge is 2.15. The Morgan fingerprint density at radius 2 is 1.88 bits per heavy atom. The molecule has 0 spiro atoms. The Bertz CT molecular complexity index is 397. The van der Waals surface area contributed by atoms with Gasteiger partial charge in [0.05, 0.1) is 18.9 Å². The maximum absolute atomic E-state index is 6.14. The molecule has 2 N–H and O–H groups in total.